The molecule has 0 amide bonds. The third kappa shape index (κ3) is 2.76. The summed E-state index contributed by atoms with van der Waals surface area (Å²) < 4.78 is 0. The molecule has 3 rings (SSSR count). The van der Waals surface area contributed by atoms with Crippen LogP contribution in [0.15, 0.2) is 6.07 Å². The van der Waals surface area contributed by atoms with E-state index in [1.54, 1.807) is 0 Å². The lowest BCUT2D eigenvalue weighted by Gasteiger charge is -2.35. The molecule has 2 heterocycles. The maximum absolute atomic E-state index is 11.6. The number of carboxylic acids is 1. The van der Waals surface area contributed by atoms with Crippen LogP contribution in [-0.4, -0.2) is 29.1 Å². The molecular formula is C17H24N2O2. The van der Waals surface area contributed by atoms with Crippen molar-refractivity contribution in [3.05, 3.63) is 22.9 Å². The molecule has 114 valence electrons. The molecular weight excluding hydrogens is 264 g/mol. The highest BCUT2D eigenvalue weighted by Crippen LogP contribution is 2.31. The summed E-state index contributed by atoms with van der Waals surface area (Å²) in [4.78, 5) is 18.5. The second kappa shape index (κ2) is 5.66. The Morgan fingerprint density at radius 1 is 1.33 bits per heavy atom. The van der Waals surface area contributed by atoms with E-state index < -0.39 is 5.97 Å². The number of anilines is 1. The van der Waals surface area contributed by atoms with E-state index in [9.17, 15) is 9.90 Å². The Morgan fingerprint density at radius 3 is 2.67 bits per heavy atom. The number of carbonyl (C=O) groups is 1. The molecule has 1 aliphatic heterocycles. The lowest BCUT2D eigenvalue weighted by atomic mass is 9.86. The van der Waals surface area contributed by atoms with E-state index in [1.165, 1.54) is 0 Å². The van der Waals surface area contributed by atoms with Crippen LogP contribution in [0.4, 0.5) is 5.82 Å². The summed E-state index contributed by atoms with van der Waals surface area (Å²) in [5.41, 5.74) is 2.63. The summed E-state index contributed by atoms with van der Waals surface area (Å²) in [6.45, 7) is 6.40. The summed E-state index contributed by atoms with van der Waals surface area (Å²) in [6.07, 6.45) is 5.33. The van der Waals surface area contributed by atoms with Crippen molar-refractivity contribution in [2.24, 2.45) is 11.8 Å². The number of piperidine rings is 1. The van der Waals surface area contributed by atoms with Crippen LogP contribution in [0.25, 0.3) is 0 Å². The molecule has 0 spiro atoms. The van der Waals surface area contributed by atoms with Gasteiger partial charge >= 0.3 is 5.97 Å². The second-order valence-electron chi connectivity index (χ2n) is 6.69. The maximum Gasteiger partial charge on any atom is 0.339 e. The molecule has 0 radical (unpaired) electrons. The van der Waals surface area contributed by atoms with Crippen molar-refractivity contribution in [2.45, 2.75) is 46.0 Å². The molecule has 0 atom stereocenters. The highest BCUT2D eigenvalue weighted by molar-refractivity contribution is 5.93. The summed E-state index contributed by atoms with van der Waals surface area (Å²) >= 11 is 0. The van der Waals surface area contributed by atoms with E-state index in [0.29, 0.717) is 17.3 Å². The van der Waals surface area contributed by atoms with Gasteiger partial charge in [0.1, 0.15) is 11.4 Å². The van der Waals surface area contributed by atoms with Crippen molar-refractivity contribution in [1.82, 2.24) is 4.98 Å². The minimum atomic E-state index is -0.849. The van der Waals surface area contributed by atoms with Crippen molar-refractivity contribution < 1.29 is 9.90 Å². The first-order valence-corrected chi connectivity index (χ1v) is 8.07. The standard InChI is InChI=1S/C17H24N2O2/c1-11(2)12-6-8-19(9-7-12)16-14(17(20)21)10-13-4-3-5-15(13)18-16/h10-12H,3-9H2,1-2H3,(H,20,21). The fourth-order valence-electron chi connectivity index (χ4n) is 3.64. The molecule has 0 unspecified atom stereocenters. The normalized spacial score (nSPS) is 19.1. The number of pyridine rings is 1. The molecule has 1 aliphatic carbocycles. The van der Waals surface area contributed by atoms with Gasteiger partial charge in [-0.2, -0.15) is 0 Å². The smallest absolute Gasteiger partial charge is 0.339 e. The van der Waals surface area contributed by atoms with E-state index in [4.69, 9.17) is 4.98 Å². The lowest BCUT2D eigenvalue weighted by Crippen LogP contribution is -2.36. The van der Waals surface area contributed by atoms with Crippen LogP contribution in [0.1, 0.15) is 54.7 Å². The largest absolute Gasteiger partial charge is 0.478 e. The van der Waals surface area contributed by atoms with Crippen molar-refractivity contribution in [3.8, 4) is 0 Å². The molecule has 4 heteroatoms. The van der Waals surface area contributed by atoms with Gasteiger partial charge in [0.05, 0.1) is 0 Å². The Labute approximate surface area is 126 Å². The van der Waals surface area contributed by atoms with Gasteiger partial charge in [-0.15, -0.1) is 0 Å². The zero-order valence-electron chi connectivity index (χ0n) is 12.9. The number of carboxylic acid groups (broad SMARTS) is 1. The van der Waals surface area contributed by atoms with Crippen LogP contribution < -0.4 is 4.90 Å². The van der Waals surface area contributed by atoms with Gasteiger partial charge in [0.15, 0.2) is 0 Å². The summed E-state index contributed by atoms with van der Waals surface area (Å²) in [6, 6.07) is 1.86. The number of rotatable bonds is 3. The molecule has 1 aromatic rings. The van der Waals surface area contributed by atoms with Crippen molar-refractivity contribution in [2.75, 3.05) is 18.0 Å². The van der Waals surface area contributed by atoms with Gasteiger partial charge in [0, 0.05) is 18.8 Å². The number of aromatic carboxylic acids is 1. The number of nitrogens with zero attached hydrogens (tertiary/aromatic N) is 2. The van der Waals surface area contributed by atoms with Crippen molar-refractivity contribution in [3.63, 3.8) is 0 Å². The van der Waals surface area contributed by atoms with E-state index in [1.807, 2.05) is 6.07 Å². The predicted octanol–water partition coefficient (Wildman–Crippen LogP) is 3.14. The average molecular weight is 288 g/mol. The fraction of sp³-hybridized carbons (Fsp3) is 0.647. The maximum atomic E-state index is 11.6. The summed E-state index contributed by atoms with van der Waals surface area (Å²) in [7, 11) is 0. The van der Waals surface area contributed by atoms with Gasteiger partial charge in [-0.1, -0.05) is 13.8 Å². The van der Waals surface area contributed by atoms with Gasteiger partial charge in [0.25, 0.3) is 0 Å². The first-order chi connectivity index (χ1) is 10.1. The van der Waals surface area contributed by atoms with Gasteiger partial charge in [-0.25, -0.2) is 9.78 Å². The Morgan fingerprint density at radius 2 is 2.05 bits per heavy atom. The first kappa shape index (κ1) is 14.4. The van der Waals surface area contributed by atoms with Crippen LogP contribution in [0.3, 0.4) is 0 Å². The Kier molecular flexibility index (Phi) is 3.87. The van der Waals surface area contributed by atoms with Crippen LogP contribution in [-0.2, 0) is 12.8 Å². The highest BCUT2D eigenvalue weighted by Gasteiger charge is 2.27. The molecule has 4 nitrogen and oxygen atoms in total. The number of hydrogen-bond donors (Lipinski definition) is 1. The van der Waals surface area contributed by atoms with Crippen molar-refractivity contribution >= 4 is 11.8 Å². The minimum absolute atomic E-state index is 0.388. The lowest BCUT2D eigenvalue weighted by molar-refractivity contribution is 0.0697. The van der Waals surface area contributed by atoms with Crippen LogP contribution in [0, 0.1) is 11.8 Å². The minimum Gasteiger partial charge on any atom is -0.478 e. The van der Waals surface area contributed by atoms with Gasteiger partial charge < -0.3 is 10.0 Å². The third-order valence-electron chi connectivity index (χ3n) is 5.04. The summed E-state index contributed by atoms with van der Waals surface area (Å²) in [5.74, 6) is 1.31. The quantitative estimate of drug-likeness (QED) is 0.928. The van der Waals surface area contributed by atoms with Crippen LogP contribution in [0.5, 0.6) is 0 Å². The van der Waals surface area contributed by atoms with Crippen molar-refractivity contribution in [1.29, 1.82) is 0 Å². The molecule has 0 saturated carbocycles. The zero-order chi connectivity index (χ0) is 15.0. The Hall–Kier alpha value is -1.58. The predicted molar refractivity (Wildman–Crippen MR) is 83.0 cm³/mol. The number of hydrogen-bond acceptors (Lipinski definition) is 3. The molecule has 0 aromatic carbocycles. The third-order valence-corrected chi connectivity index (χ3v) is 5.04. The molecule has 0 bridgehead atoms. The van der Waals surface area contributed by atoms with E-state index in [0.717, 1.165) is 62.4 Å². The molecule has 2 aliphatic rings. The number of fused-ring (bicyclic) bond motifs is 1. The number of aryl methyl sites for hydroxylation is 2. The first-order valence-electron chi connectivity index (χ1n) is 8.07. The van der Waals surface area contributed by atoms with Gasteiger partial charge in [0.2, 0.25) is 0 Å². The van der Waals surface area contributed by atoms with E-state index in [2.05, 4.69) is 18.7 Å². The summed E-state index contributed by atoms with van der Waals surface area (Å²) in [5, 5.41) is 9.50. The van der Waals surface area contributed by atoms with E-state index >= 15 is 0 Å². The van der Waals surface area contributed by atoms with Crippen LogP contribution in [0.2, 0.25) is 0 Å². The average Bonchev–Trinajstić information content (AvgIpc) is 2.93. The SMILES string of the molecule is CC(C)C1CCN(c2nc3c(cc2C(=O)O)CCC3)CC1. The Balaban J connectivity index is 1.86. The van der Waals surface area contributed by atoms with E-state index in [-0.39, 0.29) is 0 Å². The molecule has 1 N–H and O–H groups in total. The van der Waals surface area contributed by atoms with Crippen LogP contribution >= 0.6 is 0 Å². The monoisotopic (exact) mass is 288 g/mol. The van der Waals surface area contributed by atoms with Gasteiger partial charge in [-0.3, -0.25) is 0 Å². The highest BCUT2D eigenvalue weighted by atomic mass is 16.4. The zero-order valence-corrected chi connectivity index (χ0v) is 12.9. The molecule has 21 heavy (non-hydrogen) atoms. The molecule has 1 fully saturated rings. The topological polar surface area (TPSA) is 53.4 Å². The second-order valence-corrected chi connectivity index (χ2v) is 6.69. The molecule has 1 saturated heterocycles. The number of aromatic nitrogens is 1. The molecule has 1 aromatic heterocycles. The fourth-order valence-corrected chi connectivity index (χ4v) is 3.64. The van der Waals surface area contributed by atoms with Gasteiger partial charge in [-0.05, 0) is 55.6 Å². The Bertz CT molecular complexity index is 546.